The Bertz CT molecular complexity index is 1460. The normalized spacial score (nSPS) is 14.3. The highest BCUT2D eigenvalue weighted by molar-refractivity contribution is 7.09. The third kappa shape index (κ3) is 5.47. The summed E-state index contributed by atoms with van der Waals surface area (Å²) in [5.74, 6) is -0.275. The number of nitrogens with zero attached hydrogens (tertiary/aromatic N) is 6. The maximum absolute atomic E-state index is 13.1. The first-order valence-corrected chi connectivity index (χ1v) is 12.9. The number of thiazole rings is 1. The minimum absolute atomic E-state index is 0.0593. The molecule has 0 atom stereocenters. The number of hydrogen-bond donors (Lipinski definition) is 1. The van der Waals surface area contributed by atoms with Crippen molar-refractivity contribution in [2.24, 2.45) is 0 Å². The first kappa shape index (κ1) is 25.6. The number of ether oxygens (including phenoxy) is 1. The van der Waals surface area contributed by atoms with Crippen molar-refractivity contribution in [1.29, 1.82) is 0 Å². The minimum Gasteiger partial charge on any atom is -0.435 e. The van der Waals surface area contributed by atoms with Gasteiger partial charge in [-0.15, -0.1) is 21.5 Å². The molecule has 1 N–H and O–H groups in total. The van der Waals surface area contributed by atoms with Crippen LogP contribution >= 0.6 is 11.3 Å². The molecule has 0 unspecified atom stereocenters. The molecule has 0 saturated carbocycles. The van der Waals surface area contributed by atoms with Crippen LogP contribution in [-0.4, -0.2) is 61.2 Å². The van der Waals surface area contributed by atoms with E-state index in [0.29, 0.717) is 35.8 Å². The number of alkyl halides is 2. The van der Waals surface area contributed by atoms with E-state index in [1.165, 1.54) is 23.5 Å². The number of carbonyl (C=O) groups is 2. The zero-order chi connectivity index (χ0) is 26.8. The van der Waals surface area contributed by atoms with Crippen molar-refractivity contribution in [3.8, 4) is 5.75 Å². The molecule has 4 aromatic rings. The summed E-state index contributed by atoms with van der Waals surface area (Å²) in [4.78, 5) is 32.0. The van der Waals surface area contributed by atoms with Crippen molar-refractivity contribution in [2.75, 3.05) is 13.1 Å². The predicted molar refractivity (Wildman–Crippen MR) is 134 cm³/mol. The highest BCUT2D eigenvalue weighted by Crippen LogP contribution is 2.31. The molecule has 0 radical (unpaired) electrons. The van der Waals surface area contributed by atoms with Crippen LogP contribution in [-0.2, 0) is 6.54 Å². The fraction of sp³-hybridized carbons (Fsp3) is 0.360. The van der Waals surface area contributed by atoms with E-state index in [9.17, 15) is 18.4 Å². The van der Waals surface area contributed by atoms with Gasteiger partial charge in [0.15, 0.2) is 11.3 Å². The Labute approximate surface area is 220 Å². The number of hydrogen-bond acceptors (Lipinski definition) is 8. The number of aromatic nitrogens is 5. The zero-order valence-electron chi connectivity index (χ0n) is 20.7. The van der Waals surface area contributed by atoms with Gasteiger partial charge in [0.2, 0.25) is 0 Å². The lowest BCUT2D eigenvalue weighted by atomic mass is 9.97. The van der Waals surface area contributed by atoms with Crippen LogP contribution in [0.4, 0.5) is 8.78 Å². The van der Waals surface area contributed by atoms with Gasteiger partial charge < -0.3 is 15.0 Å². The number of fused-ring (bicyclic) bond motifs is 1. The van der Waals surface area contributed by atoms with E-state index in [4.69, 9.17) is 0 Å². The molecule has 1 fully saturated rings. The average molecular weight is 542 g/mol. The summed E-state index contributed by atoms with van der Waals surface area (Å²) in [6.45, 7) is 2.12. The number of amides is 2. The summed E-state index contributed by atoms with van der Waals surface area (Å²) < 4.78 is 30.5. The van der Waals surface area contributed by atoms with Gasteiger partial charge in [-0.1, -0.05) is 12.1 Å². The van der Waals surface area contributed by atoms with E-state index in [-0.39, 0.29) is 30.0 Å². The number of halogens is 2. The molecule has 10 nitrogen and oxygen atoms in total. The minimum atomic E-state index is -2.88. The molecule has 1 aliphatic rings. The van der Waals surface area contributed by atoms with Gasteiger partial charge in [0, 0.05) is 37.0 Å². The van der Waals surface area contributed by atoms with Gasteiger partial charge in [-0.3, -0.25) is 9.59 Å². The molecular formula is C25H25F2N7O3S. The monoisotopic (exact) mass is 541 g/mol. The molecule has 1 aromatic carbocycles. The second-order valence-electron chi connectivity index (χ2n) is 9.03. The summed E-state index contributed by atoms with van der Waals surface area (Å²) in [5.41, 5.74) is 3.44. The van der Waals surface area contributed by atoms with Crippen molar-refractivity contribution in [1.82, 2.24) is 35.0 Å². The van der Waals surface area contributed by atoms with Crippen molar-refractivity contribution < 1.29 is 23.1 Å². The van der Waals surface area contributed by atoms with Crippen LogP contribution < -0.4 is 10.1 Å². The summed E-state index contributed by atoms with van der Waals surface area (Å²) in [6.07, 6.45) is 1.45. The molecule has 0 aliphatic carbocycles. The molecule has 38 heavy (non-hydrogen) atoms. The van der Waals surface area contributed by atoms with Crippen LogP contribution in [0.5, 0.6) is 5.75 Å². The number of rotatable bonds is 7. The quantitative estimate of drug-likeness (QED) is 0.379. The first-order chi connectivity index (χ1) is 18.3. The Hall–Kier alpha value is -4.00. The predicted octanol–water partition coefficient (Wildman–Crippen LogP) is 3.75. The van der Waals surface area contributed by atoms with Crippen molar-refractivity contribution in [2.45, 2.75) is 45.8 Å². The van der Waals surface area contributed by atoms with E-state index in [1.54, 1.807) is 26.9 Å². The van der Waals surface area contributed by atoms with Crippen LogP contribution in [0.3, 0.4) is 0 Å². The number of nitrogens with one attached hydrogen (secondary N) is 1. The fourth-order valence-electron chi connectivity index (χ4n) is 4.40. The molecule has 13 heteroatoms. The second-order valence-corrected chi connectivity index (χ2v) is 9.92. The van der Waals surface area contributed by atoms with Crippen molar-refractivity contribution in [3.63, 3.8) is 0 Å². The highest BCUT2D eigenvalue weighted by atomic mass is 32.1. The van der Waals surface area contributed by atoms with Gasteiger partial charge in [0.1, 0.15) is 11.4 Å². The van der Waals surface area contributed by atoms with Crippen LogP contribution in [0.25, 0.3) is 5.65 Å². The molecule has 0 spiro atoms. The van der Waals surface area contributed by atoms with E-state index in [2.05, 4.69) is 30.3 Å². The molecule has 198 valence electrons. The Morgan fingerprint density at radius 2 is 1.89 bits per heavy atom. The van der Waals surface area contributed by atoms with Gasteiger partial charge in [-0.05, 0) is 44.4 Å². The van der Waals surface area contributed by atoms with Gasteiger partial charge in [-0.2, -0.15) is 13.9 Å². The molecule has 0 bridgehead atoms. The molecule has 1 aliphatic heterocycles. The Morgan fingerprint density at radius 1 is 1.16 bits per heavy atom. The third-order valence-electron chi connectivity index (χ3n) is 6.42. The van der Waals surface area contributed by atoms with E-state index in [1.807, 2.05) is 19.9 Å². The lowest BCUT2D eigenvalue weighted by molar-refractivity contribution is -0.0498. The number of likely N-dealkylation sites (tertiary alicyclic amines) is 1. The Kier molecular flexibility index (Phi) is 7.27. The van der Waals surface area contributed by atoms with Crippen LogP contribution in [0, 0.1) is 13.8 Å². The zero-order valence-corrected chi connectivity index (χ0v) is 21.5. The highest BCUT2D eigenvalue weighted by Gasteiger charge is 2.29. The maximum Gasteiger partial charge on any atom is 0.387 e. The lowest BCUT2D eigenvalue weighted by Gasteiger charge is -2.31. The number of aryl methyl sites for hydroxylation is 2. The van der Waals surface area contributed by atoms with Crippen LogP contribution in [0.2, 0.25) is 0 Å². The summed E-state index contributed by atoms with van der Waals surface area (Å²) in [7, 11) is 0. The SMILES string of the molecule is Cc1cc2nnc(C(=O)N3CCC(c4nc(C(=O)NCc5ccc(OC(F)F)cc5)cs4)CC3)c(C)n2n1. The summed E-state index contributed by atoms with van der Waals surface area (Å²) in [6, 6.07) is 7.89. The standard InChI is InChI=1S/C25H25F2N7O3S/c1-14-11-20-30-31-21(15(2)34(20)32-14)24(36)33-9-7-17(8-10-33)23-29-19(13-38-23)22(35)28-12-16-3-5-18(6-4-16)37-25(26)27/h3-6,11,13,17,25H,7-10,12H2,1-2H3,(H,28,35). The van der Waals surface area contributed by atoms with Crippen molar-refractivity contribution in [3.05, 3.63) is 69.1 Å². The van der Waals surface area contributed by atoms with Crippen LogP contribution in [0.15, 0.2) is 35.7 Å². The van der Waals surface area contributed by atoms with Gasteiger partial charge in [0.05, 0.1) is 16.4 Å². The largest absolute Gasteiger partial charge is 0.435 e. The molecule has 5 rings (SSSR count). The van der Waals surface area contributed by atoms with Crippen LogP contribution in [0.1, 0.15) is 61.7 Å². The number of carbonyl (C=O) groups excluding carboxylic acids is 2. The number of benzene rings is 1. The third-order valence-corrected chi connectivity index (χ3v) is 7.42. The summed E-state index contributed by atoms with van der Waals surface area (Å²) in [5, 5.41) is 18.1. The molecular weight excluding hydrogens is 516 g/mol. The summed E-state index contributed by atoms with van der Waals surface area (Å²) >= 11 is 1.43. The first-order valence-electron chi connectivity index (χ1n) is 12.0. The van der Waals surface area contributed by atoms with E-state index >= 15 is 0 Å². The Balaban J connectivity index is 1.15. The molecule has 2 amide bonds. The second kappa shape index (κ2) is 10.8. The molecule has 3 aromatic heterocycles. The van der Waals surface area contributed by atoms with Gasteiger partial charge in [0.25, 0.3) is 11.8 Å². The lowest BCUT2D eigenvalue weighted by Crippen LogP contribution is -2.39. The smallest absolute Gasteiger partial charge is 0.387 e. The Morgan fingerprint density at radius 3 is 2.61 bits per heavy atom. The van der Waals surface area contributed by atoms with Gasteiger partial charge >= 0.3 is 6.61 Å². The maximum atomic E-state index is 13.1. The van der Waals surface area contributed by atoms with E-state index in [0.717, 1.165) is 29.1 Å². The topological polar surface area (TPSA) is 115 Å². The fourth-order valence-corrected chi connectivity index (χ4v) is 5.37. The average Bonchev–Trinajstić information content (AvgIpc) is 3.55. The molecule has 1 saturated heterocycles. The molecule has 4 heterocycles. The number of piperidine rings is 1. The van der Waals surface area contributed by atoms with E-state index < -0.39 is 6.61 Å². The van der Waals surface area contributed by atoms with Gasteiger partial charge in [-0.25, -0.2) is 9.50 Å². The van der Waals surface area contributed by atoms with Crippen molar-refractivity contribution >= 4 is 28.8 Å².